The molecular formula is C16H19N3O4S. The summed E-state index contributed by atoms with van der Waals surface area (Å²) in [6, 6.07) is 6.27. The van der Waals surface area contributed by atoms with Gasteiger partial charge in [-0.25, -0.2) is 13.4 Å². The number of carbonyl (C=O) groups excluding carboxylic acids is 1. The van der Waals surface area contributed by atoms with Gasteiger partial charge in [0, 0.05) is 24.1 Å². The zero-order chi connectivity index (χ0) is 17.9. The average Bonchev–Trinajstić information content (AvgIpc) is 2.48. The van der Waals surface area contributed by atoms with Crippen LogP contribution in [0, 0.1) is 13.8 Å². The Hall–Kier alpha value is -2.48. The van der Waals surface area contributed by atoms with E-state index in [9.17, 15) is 18.0 Å². The van der Waals surface area contributed by atoms with Crippen LogP contribution in [0.3, 0.4) is 0 Å². The van der Waals surface area contributed by atoms with Gasteiger partial charge >= 0.3 is 0 Å². The van der Waals surface area contributed by atoms with Crippen LogP contribution in [0.5, 0.6) is 0 Å². The third-order valence-electron chi connectivity index (χ3n) is 3.52. The fraction of sp³-hybridized carbons (Fsp3) is 0.312. The number of benzene rings is 1. The highest BCUT2D eigenvalue weighted by Crippen LogP contribution is 2.10. The maximum Gasteiger partial charge on any atom is 0.254 e. The van der Waals surface area contributed by atoms with Crippen LogP contribution in [-0.2, 0) is 27.6 Å². The van der Waals surface area contributed by atoms with Crippen molar-refractivity contribution in [1.82, 2.24) is 15.3 Å². The van der Waals surface area contributed by atoms with Crippen LogP contribution in [0.4, 0.5) is 0 Å². The van der Waals surface area contributed by atoms with Crippen molar-refractivity contribution in [1.29, 1.82) is 0 Å². The number of aromatic amines is 1. The predicted molar refractivity (Wildman–Crippen MR) is 89.4 cm³/mol. The Balaban J connectivity index is 2.00. The first-order chi connectivity index (χ1) is 11.2. The Labute approximate surface area is 140 Å². The molecule has 0 saturated carbocycles. The van der Waals surface area contributed by atoms with Crippen LogP contribution in [0.25, 0.3) is 0 Å². The van der Waals surface area contributed by atoms with E-state index in [0.29, 0.717) is 17.1 Å². The summed E-state index contributed by atoms with van der Waals surface area (Å²) in [6.45, 7) is 3.62. The smallest absolute Gasteiger partial charge is 0.254 e. The lowest BCUT2D eigenvalue weighted by Crippen LogP contribution is -2.29. The molecule has 0 radical (unpaired) electrons. The summed E-state index contributed by atoms with van der Waals surface area (Å²) in [4.78, 5) is 30.8. The lowest BCUT2D eigenvalue weighted by Gasteiger charge is -2.08. The van der Waals surface area contributed by atoms with E-state index in [1.165, 1.54) is 12.1 Å². The Morgan fingerprint density at radius 1 is 1.21 bits per heavy atom. The van der Waals surface area contributed by atoms with Gasteiger partial charge in [-0.05, 0) is 31.5 Å². The summed E-state index contributed by atoms with van der Waals surface area (Å²) in [5.74, 6) is 0.203. The SMILES string of the molecule is Cc1nc(C)c(CC(=O)NCc2ccc(S(C)(=O)=O)cc2)c(=O)[nH]1. The molecule has 128 valence electrons. The van der Waals surface area contributed by atoms with E-state index in [1.54, 1.807) is 26.0 Å². The molecule has 0 saturated heterocycles. The highest BCUT2D eigenvalue weighted by atomic mass is 32.2. The summed E-state index contributed by atoms with van der Waals surface area (Å²) in [5, 5.41) is 2.71. The maximum atomic E-state index is 12.0. The van der Waals surface area contributed by atoms with Gasteiger partial charge in [0.15, 0.2) is 9.84 Å². The number of H-pyrrole nitrogens is 1. The van der Waals surface area contributed by atoms with Gasteiger partial charge in [0.05, 0.1) is 11.3 Å². The number of rotatable bonds is 5. The molecule has 0 atom stereocenters. The summed E-state index contributed by atoms with van der Waals surface area (Å²) in [5.41, 5.74) is 1.32. The molecule has 0 aliphatic carbocycles. The molecule has 0 aliphatic rings. The van der Waals surface area contributed by atoms with Gasteiger partial charge < -0.3 is 10.3 Å². The molecular weight excluding hydrogens is 330 g/mol. The van der Waals surface area contributed by atoms with Crippen LogP contribution < -0.4 is 10.9 Å². The molecule has 1 aromatic heterocycles. The fourth-order valence-corrected chi connectivity index (χ4v) is 2.87. The monoisotopic (exact) mass is 349 g/mol. The molecule has 8 heteroatoms. The third kappa shape index (κ3) is 4.51. The second-order valence-electron chi connectivity index (χ2n) is 5.58. The Bertz CT molecular complexity index is 915. The Morgan fingerprint density at radius 2 is 1.83 bits per heavy atom. The summed E-state index contributed by atoms with van der Waals surface area (Å²) in [6.07, 6.45) is 1.08. The van der Waals surface area contributed by atoms with Crippen LogP contribution in [-0.4, -0.2) is 30.5 Å². The van der Waals surface area contributed by atoms with E-state index in [2.05, 4.69) is 15.3 Å². The van der Waals surface area contributed by atoms with Crippen LogP contribution >= 0.6 is 0 Å². The number of nitrogens with zero attached hydrogens (tertiary/aromatic N) is 1. The quantitative estimate of drug-likeness (QED) is 0.824. The summed E-state index contributed by atoms with van der Waals surface area (Å²) >= 11 is 0. The minimum atomic E-state index is -3.24. The van der Waals surface area contributed by atoms with Crippen molar-refractivity contribution < 1.29 is 13.2 Å². The van der Waals surface area contributed by atoms with Gasteiger partial charge in [0.1, 0.15) is 5.82 Å². The van der Waals surface area contributed by atoms with Crippen LogP contribution in [0.15, 0.2) is 34.0 Å². The molecule has 0 fully saturated rings. The molecule has 0 unspecified atom stereocenters. The molecule has 1 aromatic carbocycles. The first kappa shape index (κ1) is 17.9. The first-order valence-corrected chi connectivity index (χ1v) is 9.18. The first-order valence-electron chi connectivity index (χ1n) is 7.29. The second-order valence-corrected chi connectivity index (χ2v) is 7.60. The minimum absolute atomic E-state index is 0.0597. The molecule has 1 amide bonds. The second kappa shape index (κ2) is 6.96. The molecule has 1 heterocycles. The molecule has 0 spiro atoms. The van der Waals surface area contributed by atoms with Gasteiger partial charge in [-0.3, -0.25) is 9.59 Å². The van der Waals surface area contributed by atoms with Gasteiger partial charge in [-0.1, -0.05) is 12.1 Å². The topological polar surface area (TPSA) is 109 Å². The Morgan fingerprint density at radius 3 is 2.38 bits per heavy atom. The summed E-state index contributed by atoms with van der Waals surface area (Å²) < 4.78 is 22.8. The van der Waals surface area contributed by atoms with E-state index in [4.69, 9.17) is 0 Å². The van der Waals surface area contributed by atoms with Gasteiger partial charge in [-0.2, -0.15) is 0 Å². The van der Waals surface area contributed by atoms with Crippen molar-refractivity contribution >= 4 is 15.7 Å². The highest BCUT2D eigenvalue weighted by Gasteiger charge is 2.12. The van der Waals surface area contributed by atoms with E-state index < -0.39 is 9.84 Å². The molecule has 0 aliphatic heterocycles. The van der Waals surface area contributed by atoms with E-state index in [-0.39, 0.29) is 29.3 Å². The summed E-state index contributed by atoms with van der Waals surface area (Å²) in [7, 11) is -3.24. The van der Waals surface area contributed by atoms with Gasteiger partial charge in [-0.15, -0.1) is 0 Å². The lowest BCUT2D eigenvalue weighted by atomic mass is 10.1. The van der Waals surface area contributed by atoms with Gasteiger partial charge in [0.25, 0.3) is 5.56 Å². The lowest BCUT2D eigenvalue weighted by molar-refractivity contribution is -0.120. The number of nitrogens with one attached hydrogen (secondary N) is 2. The number of carbonyl (C=O) groups is 1. The zero-order valence-corrected chi connectivity index (χ0v) is 14.5. The van der Waals surface area contributed by atoms with E-state index in [0.717, 1.165) is 11.8 Å². The number of aromatic nitrogens is 2. The van der Waals surface area contributed by atoms with Crippen molar-refractivity contribution in [3.63, 3.8) is 0 Å². The minimum Gasteiger partial charge on any atom is -0.352 e. The van der Waals surface area contributed by atoms with E-state index >= 15 is 0 Å². The molecule has 2 aromatic rings. The van der Waals surface area contributed by atoms with Crippen molar-refractivity contribution in [3.8, 4) is 0 Å². The van der Waals surface area contributed by atoms with Crippen LogP contribution in [0.2, 0.25) is 0 Å². The molecule has 2 rings (SSSR count). The number of aryl methyl sites for hydroxylation is 2. The predicted octanol–water partition coefficient (Wildman–Crippen LogP) is 0.649. The van der Waals surface area contributed by atoms with E-state index in [1.807, 2.05) is 0 Å². The molecule has 24 heavy (non-hydrogen) atoms. The standard InChI is InChI=1S/C16H19N3O4S/c1-10-14(16(21)19-11(2)18-10)8-15(20)17-9-12-4-6-13(7-5-12)24(3,22)23/h4-7H,8-9H2,1-3H3,(H,17,20)(H,18,19,21). The van der Waals surface area contributed by atoms with Crippen molar-refractivity contribution in [2.24, 2.45) is 0 Å². The number of sulfone groups is 1. The largest absolute Gasteiger partial charge is 0.352 e. The maximum absolute atomic E-state index is 12.0. The van der Waals surface area contributed by atoms with Crippen molar-refractivity contribution in [3.05, 3.63) is 57.3 Å². The van der Waals surface area contributed by atoms with Crippen LogP contribution in [0.1, 0.15) is 22.6 Å². The third-order valence-corrected chi connectivity index (χ3v) is 4.65. The molecule has 2 N–H and O–H groups in total. The normalized spacial score (nSPS) is 11.3. The zero-order valence-electron chi connectivity index (χ0n) is 13.7. The van der Waals surface area contributed by atoms with Crippen molar-refractivity contribution in [2.75, 3.05) is 6.26 Å². The average molecular weight is 349 g/mol. The highest BCUT2D eigenvalue weighted by molar-refractivity contribution is 7.90. The molecule has 0 bridgehead atoms. The van der Waals surface area contributed by atoms with Crippen molar-refractivity contribution in [2.45, 2.75) is 31.7 Å². The Kier molecular flexibility index (Phi) is 5.18. The molecule has 7 nitrogen and oxygen atoms in total. The number of hydrogen-bond acceptors (Lipinski definition) is 5. The van der Waals surface area contributed by atoms with Gasteiger partial charge in [0.2, 0.25) is 5.91 Å². The fourth-order valence-electron chi connectivity index (χ4n) is 2.24. The number of amides is 1. The number of hydrogen-bond donors (Lipinski definition) is 2.